The molecule has 0 saturated heterocycles. The Labute approximate surface area is 109 Å². The van der Waals surface area contributed by atoms with Crippen molar-refractivity contribution in [3.05, 3.63) is 12.2 Å². The van der Waals surface area contributed by atoms with E-state index in [1.165, 1.54) is 57.2 Å². The van der Waals surface area contributed by atoms with Gasteiger partial charge in [-0.3, -0.25) is 0 Å². The third-order valence-corrected chi connectivity index (χ3v) is 4.65. The predicted octanol–water partition coefficient (Wildman–Crippen LogP) is 2.77. The first-order valence-electron chi connectivity index (χ1n) is 7.49. The molecule has 2 aliphatic carbocycles. The van der Waals surface area contributed by atoms with Crippen molar-refractivity contribution in [2.24, 2.45) is 5.73 Å². The molecule has 1 aromatic heterocycles. The van der Waals surface area contributed by atoms with Gasteiger partial charge < -0.3 is 10.3 Å². The lowest BCUT2D eigenvalue weighted by Gasteiger charge is -2.29. The van der Waals surface area contributed by atoms with Gasteiger partial charge in [0.2, 0.25) is 0 Å². The molecule has 100 valence electrons. The molecular weight excluding hydrogens is 224 g/mol. The van der Waals surface area contributed by atoms with Crippen molar-refractivity contribution < 1.29 is 0 Å². The van der Waals surface area contributed by atoms with Crippen LogP contribution in [0.5, 0.6) is 0 Å². The number of rotatable bonds is 2. The van der Waals surface area contributed by atoms with Crippen LogP contribution in [0.4, 0.5) is 0 Å². The van der Waals surface area contributed by atoms with Crippen molar-refractivity contribution in [1.29, 1.82) is 0 Å². The third kappa shape index (κ3) is 2.44. The smallest absolute Gasteiger partial charge is 0.136 e. The van der Waals surface area contributed by atoms with Crippen LogP contribution in [0.3, 0.4) is 0 Å². The number of nitrogens with zero attached hydrogens (tertiary/aromatic N) is 3. The Bertz CT molecular complexity index is 381. The Balaban J connectivity index is 1.77. The van der Waals surface area contributed by atoms with E-state index in [4.69, 9.17) is 5.73 Å². The Kier molecular flexibility index (Phi) is 3.64. The van der Waals surface area contributed by atoms with Gasteiger partial charge in [-0.1, -0.05) is 25.7 Å². The Morgan fingerprint density at radius 2 is 1.89 bits per heavy atom. The van der Waals surface area contributed by atoms with Gasteiger partial charge in [0.05, 0.1) is 0 Å². The number of nitrogens with two attached hydrogens (primary N) is 1. The summed E-state index contributed by atoms with van der Waals surface area (Å²) >= 11 is 0. The van der Waals surface area contributed by atoms with Crippen molar-refractivity contribution in [1.82, 2.24) is 14.8 Å². The van der Waals surface area contributed by atoms with Crippen LogP contribution in [0, 0.1) is 0 Å². The van der Waals surface area contributed by atoms with Gasteiger partial charge in [0.1, 0.15) is 12.2 Å². The maximum absolute atomic E-state index is 6.10. The lowest BCUT2D eigenvalue weighted by Crippen LogP contribution is -2.28. The monoisotopic (exact) mass is 248 g/mol. The molecule has 0 radical (unpaired) electrons. The minimum Gasteiger partial charge on any atom is -0.328 e. The normalized spacial score (nSPS) is 30.5. The Hall–Kier alpha value is -0.900. The van der Waals surface area contributed by atoms with Crippen LogP contribution in [0.25, 0.3) is 0 Å². The molecule has 2 atom stereocenters. The second-order valence-electron chi connectivity index (χ2n) is 6.01. The SMILES string of the molecule is NC1CCCC(c2nncn2C2CCCCC2)C1. The molecule has 0 amide bonds. The van der Waals surface area contributed by atoms with Crippen LogP contribution in [0.1, 0.15) is 75.6 Å². The molecule has 2 fully saturated rings. The minimum atomic E-state index is 0.361. The summed E-state index contributed by atoms with van der Waals surface area (Å²) in [4.78, 5) is 0. The predicted molar refractivity (Wildman–Crippen MR) is 71.3 cm³/mol. The summed E-state index contributed by atoms with van der Waals surface area (Å²) in [6.07, 6.45) is 13.4. The number of aromatic nitrogens is 3. The largest absolute Gasteiger partial charge is 0.328 e. The van der Waals surface area contributed by atoms with Crippen molar-refractivity contribution in [2.75, 3.05) is 0 Å². The van der Waals surface area contributed by atoms with E-state index in [1.807, 2.05) is 6.33 Å². The first-order chi connectivity index (χ1) is 8.84. The van der Waals surface area contributed by atoms with Crippen molar-refractivity contribution >= 4 is 0 Å². The molecule has 2 saturated carbocycles. The topological polar surface area (TPSA) is 56.7 Å². The van der Waals surface area contributed by atoms with E-state index < -0.39 is 0 Å². The van der Waals surface area contributed by atoms with E-state index in [0.29, 0.717) is 18.0 Å². The summed E-state index contributed by atoms with van der Waals surface area (Å²) in [6.45, 7) is 0. The standard InChI is InChI=1S/C14H24N4/c15-12-6-4-5-11(9-12)14-17-16-10-18(14)13-7-2-1-3-8-13/h10-13H,1-9,15H2. The third-order valence-electron chi connectivity index (χ3n) is 4.65. The zero-order valence-corrected chi connectivity index (χ0v) is 11.1. The lowest BCUT2D eigenvalue weighted by atomic mass is 9.85. The molecule has 4 heteroatoms. The summed E-state index contributed by atoms with van der Waals surface area (Å²) < 4.78 is 2.36. The van der Waals surface area contributed by atoms with E-state index in [0.717, 1.165) is 6.42 Å². The lowest BCUT2D eigenvalue weighted by molar-refractivity contribution is 0.319. The summed E-state index contributed by atoms with van der Waals surface area (Å²) in [5.74, 6) is 1.75. The summed E-state index contributed by atoms with van der Waals surface area (Å²) in [5.41, 5.74) is 6.10. The molecule has 0 aromatic carbocycles. The first-order valence-corrected chi connectivity index (χ1v) is 7.49. The van der Waals surface area contributed by atoms with Crippen molar-refractivity contribution in [3.63, 3.8) is 0 Å². The maximum Gasteiger partial charge on any atom is 0.136 e. The van der Waals surface area contributed by atoms with E-state index in [1.54, 1.807) is 0 Å². The number of hydrogen-bond acceptors (Lipinski definition) is 3. The molecule has 1 heterocycles. The van der Waals surface area contributed by atoms with Gasteiger partial charge >= 0.3 is 0 Å². The summed E-state index contributed by atoms with van der Waals surface area (Å²) in [6, 6.07) is 1.00. The average molecular weight is 248 g/mol. The van der Waals surface area contributed by atoms with E-state index in [2.05, 4.69) is 14.8 Å². The molecule has 18 heavy (non-hydrogen) atoms. The van der Waals surface area contributed by atoms with Gasteiger partial charge in [0.25, 0.3) is 0 Å². The van der Waals surface area contributed by atoms with Gasteiger partial charge in [-0.15, -0.1) is 10.2 Å². The zero-order valence-electron chi connectivity index (χ0n) is 11.1. The van der Waals surface area contributed by atoms with Crippen molar-refractivity contribution in [3.8, 4) is 0 Å². The second-order valence-corrected chi connectivity index (χ2v) is 6.01. The highest BCUT2D eigenvalue weighted by Gasteiger charge is 2.27. The minimum absolute atomic E-state index is 0.361. The first kappa shape index (κ1) is 12.2. The Morgan fingerprint density at radius 1 is 1.06 bits per heavy atom. The van der Waals surface area contributed by atoms with E-state index in [-0.39, 0.29) is 0 Å². The highest BCUT2D eigenvalue weighted by atomic mass is 15.3. The quantitative estimate of drug-likeness (QED) is 0.875. The van der Waals surface area contributed by atoms with Crippen LogP contribution in [-0.2, 0) is 0 Å². The zero-order chi connectivity index (χ0) is 12.4. The maximum atomic E-state index is 6.10. The van der Waals surface area contributed by atoms with Crippen LogP contribution in [0.15, 0.2) is 6.33 Å². The average Bonchev–Trinajstić information content (AvgIpc) is 2.89. The second kappa shape index (κ2) is 5.39. The van der Waals surface area contributed by atoms with Crippen molar-refractivity contribution in [2.45, 2.75) is 75.8 Å². The van der Waals surface area contributed by atoms with Gasteiger partial charge in [0.15, 0.2) is 0 Å². The molecule has 0 spiro atoms. The summed E-state index contributed by atoms with van der Waals surface area (Å²) in [7, 11) is 0. The van der Waals surface area contributed by atoms with Crippen LogP contribution < -0.4 is 5.73 Å². The molecule has 2 aliphatic rings. The molecule has 1 aromatic rings. The molecule has 2 unspecified atom stereocenters. The molecule has 4 nitrogen and oxygen atoms in total. The Morgan fingerprint density at radius 3 is 2.67 bits per heavy atom. The highest BCUT2D eigenvalue weighted by Crippen LogP contribution is 2.35. The van der Waals surface area contributed by atoms with Crippen LogP contribution in [0.2, 0.25) is 0 Å². The van der Waals surface area contributed by atoms with Crippen LogP contribution in [-0.4, -0.2) is 20.8 Å². The molecule has 0 bridgehead atoms. The molecular formula is C14H24N4. The van der Waals surface area contributed by atoms with Crippen LogP contribution >= 0.6 is 0 Å². The number of hydrogen-bond donors (Lipinski definition) is 1. The molecule has 0 aliphatic heterocycles. The molecule has 3 rings (SSSR count). The van der Waals surface area contributed by atoms with Gasteiger partial charge in [-0.2, -0.15) is 0 Å². The highest BCUT2D eigenvalue weighted by molar-refractivity contribution is 5.02. The fraction of sp³-hybridized carbons (Fsp3) is 0.857. The fourth-order valence-corrected chi connectivity index (χ4v) is 3.65. The molecule has 2 N–H and O–H groups in total. The summed E-state index contributed by atoms with van der Waals surface area (Å²) in [5, 5.41) is 8.58. The van der Waals surface area contributed by atoms with Gasteiger partial charge in [0, 0.05) is 18.0 Å². The van der Waals surface area contributed by atoms with Gasteiger partial charge in [-0.25, -0.2) is 0 Å². The fourth-order valence-electron chi connectivity index (χ4n) is 3.65. The van der Waals surface area contributed by atoms with E-state index >= 15 is 0 Å². The van der Waals surface area contributed by atoms with E-state index in [9.17, 15) is 0 Å². The van der Waals surface area contributed by atoms with Gasteiger partial charge in [-0.05, 0) is 32.1 Å².